The third-order valence-electron chi connectivity index (χ3n) is 1.61. The normalized spacial score (nSPS) is 31.6. The first-order valence-electron chi connectivity index (χ1n) is 3.47. The van der Waals surface area contributed by atoms with E-state index in [1.165, 1.54) is 0 Å². The molecule has 1 N–H and O–H groups in total. The highest BCUT2D eigenvalue weighted by atomic mass is 16.5. The van der Waals surface area contributed by atoms with Crippen LogP contribution >= 0.6 is 0 Å². The van der Waals surface area contributed by atoms with Gasteiger partial charge in [-0.15, -0.1) is 0 Å². The molecule has 0 aromatic carbocycles. The van der Waals surface area contributed by atoms with Crippen LogP contribution in [0.3, 0.4) is 0 Å². The summed E-state index contributed by atoms with van der Waals surface area (Å²) in [4.78, 5) is 10.2. The molecular weight excluding hydrogens is 130 g/mol. The van der Waals surface area contributed by atoms with Crippen LogP contribution in [0.15, 0.2) is 0 Å². The molecule has 0 radical (unpaired) electrons. The monoisotopic (exact) mass is 143 g/mol. The number of nitrogens with one attached hydrogen (secondary N) is 1. The van der Waals surface area contributed by atoms with Crippen molar-refractivity contribution < 1.29 is 9.53 Å². The standard InChI is InChI=1S/C7H13NO2/c1-7(2)5-8-6(3-9)4-10-7/h3,6,8H,4-5H2,1-2H3. The van der Waals surface area contributed by atoms with Gasteiger partial charge in [0.15, 0.2) is 0 Å². The van der Waals surface area contributed by atoms with E-state index in [1.807, 2.05) is 13.8 Å². The van der Waals surface area contributed by atoms with Crippen molar-refractivity contribution in [1.29, 1.82) is 0 Å². The van der Waals surface area contributed by atoms with Crippen LogP contribution < -0.4 is 5.32 Å². The van der Waals surface area contributed by atoms with Crippen LogP contribution in [0.25, 0.3) is 0 Å². The Bertz CT molecular complexity index is 124. The van der Waals surface area contributed by atoms with Crippen LogP contribution in [0, 0.1) is 0 Å². The maximum absolute atomic E-state index is 10.2. The molecule has 1 heterocycles. The average molecular weight is 143 g/mol. The average Bonchev–Trinajstić information content (AvgIpc) is 1.88. The molecule has 0 bridgehead atoms. The highest BCUT2D eigenvalue weighted by Gasteiger charge is 2.26. The molecule has 0 aromatic heterocycles. The van der Waals surface area contributed by atoms with Gasteiger partial charge in [-0.2, -0.15) is 0 Å². The molecule has 1 rings (SSSR count). The number of hydrogen-bond acceptors (Lipinski definition) is 3. The Balaban J connectivity index is 2.38. The third-order valence-corrected chi connectivity index (χ3v) is 1.61. The summed E-state index contributed by atoms with van der Waals surface area (Å²) < 4.78 is 5.38. The molecule has 1 atom stereocenters. The van der Waals surface area contributed by atoms with Crippen molar-refractivity contribution in [3.63, 3.8) is 0 Å². The smallest absolute Gasteiger partial charge is 0.139 e. The number of ether oxygens (including phenoxy) is 1. The fourth-order valence-corrected chi connectivity index (χ4v) is 0.890. The van der Waals surface area contributed by atoms with Crippen LogP contribution in [0.1, 0.15) is 13.8 Å². The van der Waals surface area contributed by atoms with Crippen molar-refractivity contribution in [3.8, 4) is 0 Å². The zero-order chi connectivity index (χ0) is 7.61. The summed E-state index contributed by atoms with van der Waals surface area (Å²) in [6.07, 6.45) is 0.884. The van der Waals surface area contributed by atoms with Gasteiger partial charge in [0, 0.05) is 6.54 Å². The van der Waals surface area contributed by atoms with Crippen molar-refractivity contribution >= 4 is 6.29 Å². The fourth-order valence-electron chi connectivity index (χ4n) is 0.890. The summed E-state index contributed by atoms with van der Waals surface area (Å²) >= 11 is 0. The molecule has 1 saturated heterocycles. The number of morpholine rings is 1. The van der Waals surface area contributed by atoms with Crippen molar-refractivity contribution in [2.45, 2.75) is 25.5 Å². The molecule has 0 aromatic rings. The summed E-state index contributed by atoms with van der Waals surface area (Å²) in [5.74, 6) is 0. The van der Waals surface area contributed by atoms with E-state index in [2.05, 4.69) is 5.32 Å². The van der Waals surface area contributed by atoms with Crippen LogP contribution in [0.5, 0.6) is 0 Å². The largest absolute Gasteiger partial charge is 0.372 e. The Morgan fingerprint density at radius 3 is 2.80 bits per heavy atom. The summed E-state index contributed by atoms with van der Waals surface area (Å²) in [5, 5.41) is 3.07. The van der Waals surface area contributed by atoms with Gasteiger partial charge in [-0.1, -0.05) is 0 Å². The molecule has 0 saturated carbocycles. The van der Waals surface area contributed by atoms with E-state index >= 15 is 0 Å². The summed E-state index contributed by atoms with van der Waals surface area (Å²) in [6, 6.07) is -0.104. The predicted molar refractivity (Wildman–Crippen MR) is 37.9 cm³/mol. The third kappa shape index (κ3) is 1.78. The minimum Gasteiger partial charge on any atom is -0.372 e. The quantitative estimate of drug-likeness (QED) is 0.523. The van der Waals surface area contributed by atoms with Gasteiger partial charge in [-0.3, -0.25) is 0 Å². The second kappa shape index (κ2) is 2.68. The van der Waals surface area contributed by atoms with Crippen LogP contribution in [0.4, 0.5) is 0 Å². The molecule has 0 spiro atoms. The number of aldehydes is 1. The van der Waals surface area contributed by atoms with Crippen LogP contribution in [-0.2, 0) is 9.53 Å². The lowest BCUT2D eigenvalue weighted by Crippen LogP contribution is -2.52. The number of carbonyl (C=O) groups is 1. The van der Waals surface area contributed by atoms with Gasteiger partial charge in [-0.25, -0.2) is 0 Å². The summed E-state index contributed by atoms with van der Waals surface area (Å²) in [5.41, 5.74) is -0.112. The van der Waals surface area contributed by atoms with E-state index in [4.69, 9.17) is 4.74 Å². The minimum atomic E-state index is -0.112. The Morgan fingerprint density at radius 1 is 1.70 bits per heavy atom. The zero-order valence-corrected chi connectivity index (χ0v) is 6.39. The van der Waals surface area contributed by atoms with E-state index in [0.717, 1.165) is 12.8 Å². The Kier molecular flexibility index (Phi) is 2.06. The SMILES string of the molecule is CC1(C)CNC(C=O)CO1. The molecule has 10 heavy (non-hydrogen) atoms. The lowest BCUT2D eigenvalue weighted by Gasteiger charge is -2.33. The molecule has 1 aliphatic rings. The molecule has 58 valence electrons. The Labute approximate surface area is 60.7 Å². The second-order valence-corrected chi connectivity index (χ2v) is 3.19. The minimum absolute atomic E-state index is 0.104. The summed E-state index contributed by atoms with van der Waals surface area (Å²) in [6.45, 7) is 5.24. The van der Waals surface area contributed by atoms with E-state index in [-0.39, 0.29) is 11.6 Å². The van der Waals surface area contributed by atoms with Crippen molar-refractivity contribution in [1.82, 2.24) is 5.32 Å². The van der Waals surface area contributed by atoms with Gasteiger partial charge in [0.1, 0.15) is 6.29 Å². The van der Waals surface area contributed by atoms with Gasteiger partial charge in [0.2, 0.25) is 0 Å². The molecule has 1 fully saturated rings. The molecular formula is C7H13NO2. The Morgan fingerprint density at radius 2 is 2.40 bits per heavy atom. The highest BCUT2D eigenvalue weighted by molar-refractivity contribution is 5.57. The lowest BCUT2D eigenvalue weighted by molar-refractivity contribution is -0.117. The van der Waals surface area contributed by atoms with Crippen molar-refractivity contribution in [3.05, 3.63) is 0 Å². The van der Waals surface area contributed by atoms with Crippen molar-refractivity contribution in [2.24, 2.45) is 0 Å². The number of rotatable bonds is 1. The van der Waals surface area contributed by atoms with E-state index in [1.54, 1.807) is 0 Å². The first-order chi connectivity index (χ1) is 4.64. The molecule has 3 nitrogen and oxygen atoms in total. The molecule has 1 aliphatic heterocycles. The maximum Gasteiger partial charge on any atom is 0.139 e. The number of carbonyl (C=O) groups excluding carboxylic acids is 1. The first-order valence-corrected chi connectivity index (χ1v) is 3.47. The molecule has 0 amide bonds. The first kappa shape index (κ1) is 7.69. The predicted octanol–water partition coefficient (Wildman–Crippen LogP) is -0.0477. The topological polar surface area (TPSA) is 38.3 Å². The van der Waals surface area contributed by atoms with Gasteiger partial charge in [0.05, 0.1) is 18.2 Å². The molecule has 1 unspecified atom stereocenters. The highest BCUT2D eigenvalue weighted by Crippen LogP contribution is 2.11. The number of hydrogen-bond donors (Lipinski definition) is 1. The van der Waals surface area contributed by atoms with Gasteiger partial charge in [0.25, 0.3) is 0 Å². The molecule has 3 heteroatoms. The lowest BCUT2D eigenvalue weighted by atomic mass is 10.1. The molecule has 0 aliphatic carbocycles. The van der Waals surface area contributed by atoms with E-state index in [9.17, 15) is 4.79 Å². The van der Waals surface area contributed by atoms with E-state index < -0.39 is 0 Å². The van der Waals surface area contributed by atoms with Gasteiger partial charge in [-0.05, 0) is 13.8 Å². The summed E-state index contributed by atoms with van der Waals surface area (Å²) in [7, 11) is 0. The Hall–Kier alpha value is -0.410. The maximum atomic E-state index is 10.2. The second-order valence-electron chi connectivity index (χ2n) is 3.19. The van der Waals surface area contributed by atoms with Crippen molar-refractivity contribution in [2.75, 3.05) is 13.2 Å². The fraction of sp³-hybridized carbons (Fsp3) is 0.857. The van der Waals surface area contributed by atoms with Crippen LogP contribution in [-0.4, -0.2) is 31.1 Å². The van der Waals surface area contributed by atoms with Crippen LogP contribution in [0.2, 0.25) is 0 Å². The van der Waals surface area contributed by atoms with E-state index in [0.29, 0.717) is 6.61 Å². The van der Waals surface area contributed by atoms with Gasteiger partial charge < -0.3 is 14.8 Å². The van der Waals surface area contributed by atoms with Gasteiger partial charge >= 0.3 is 0 Å². The zero-order valence-electron chi connectivity index (χ0n) is 6.39.